The van der Waals surface area contributed by atoms with Crippen LogP contribution in [0.2, 0.25) is 0 Å². The van der Waals surface area contributed by atoms with Crippen LogP contribution in [0, 0.1) is 13.8 Å². The molecule has 0 radical (unpaired) electrons. The molecule has 0 bridgehead atoms. The molecule has 0 saturated carbocycles. The van der Waals surface area contributed by atoms with Crippen LogP contribution in [0.3, 0.4) is 0 Å². The normalized spacial score (nSPS) is 11.4. The summed E-state index contributed by atoms with van der Waals surface area (Å²) in [6, 6.07) is 0. The van der Waals surface area contributed by atoms with E-state index in [-0.39, 0.29) is 12.0 Å². The summed E-state index contributed by atoms with van der Waals surface area (Å²) < 4.78 is 10.5. The molecule has 0 aliphatic heterocycles. The molecule has 0 saturated heterocycles. The van der Waals surface area contributed by atoms with Crippen molar-refractivity contribution in [1.29, 1.82) is 0 Å². The van der Waals surface area contributed by atoms with Crippen molar-refractivity contribution in [3.05, 3.63) is 17.0 Å². The second-order valence-corrected chi connectivity index (χ2v) is 5.60. The van der Waals surface area contributed by atoms with Crippen molar-refractivity contribution in [3.8, 4) is 0 Å². The Morgan fingerprint density at radius 1 is 1.43 bits per heavy atom. The van der Waals surface area contributed by atoms with Gasteiger partial charge in [0.2, 0.25) is 5.91 Å². The van der Waals surface area contributed by atoms with E-state index < -0.39 is 0 Å². The summed E-state index contributed by atoms with van der Waals surface area (Å²) in [5, 5.41) is 6.81. The van der Waals surface area contributed by atoms with Crippen LogP contribution in [0.4, 0.5) is 0 Å². The molecule has 0 aliphatic carbocycles. The first-order valence-electron chi connectivity index (χ1n) is 7.38. The van der Waals surface area contributed by atoms with E-state index >= 15 is 0 Å². The number of hydrogen-bond acceptors (Lipinski definition) is 5. The number of amides is 1. The quantitative estimate of drug-likeness (QED) is 0.702. The largest absolute Gasteiger partial charge is 0.379 e. The Hall–Kier alpha value is -1.40. The molecule has 0 aromatic carbocycles. The van der Waals surface area contributed by atoms with Gasteiger partial charge in [-0.3, -0.25) is 9.69 Å². The summed E-state index contributed by atoms with van der Waals surface area (Å²) in [6.07, 6.45) is 1.07. The molecule has 0 spiro atoms. The van der Waals surface area contributed by atoms with Crippen LogP contribution in [-0.2, 0) is 16.1 Å². The van der Waals surface area contributed by atoms with Crippen LogP contribution in [0.25, 0.3) is 0 Å². The number of likely N-dealkylation sites (N-methyl/N-ethyl adjacent to an activating group) is 1. The number of aryl methyl sites for hydroxylation is 2. The Kier molecular flexibility index (Phi) is 7.39. The van der Waals surface area contributed by atoms with Gasteiger partial charge in [0.1, 0.15) is 5.76 Å². The van der Waals surface area contributed by atoms with E-state index in [1.54, 1.807) is 0 Å². The van der Waals surface area contributed by atoms with Gasteiger partial charge in [-0.25, -0.2) is 0 Å². The molecule has 1 heterocycles. The lowest BCUT2D eigenvalue weighted by molar-refractivity contribution is -0.122. The second-order valence-electron chi connectivity index (χ2n) is 5.60. The lowest BCUT2D eigenvalue weighted by Gasteiger charge is -2.16. The van der Waals surface area contributed by atoms with Crippen LogP contribution in [0.1, 0.15) is 37.3 Å². The maximum atomic E-state index is 11.8. The first-order valence-corrected chi connectivity index (χ1v) is 7.38. The van der Waals surface area contributed by atoms with E-state index in [9.17, 15) is 4.79 Å². The third-order valence-corrected chi connectivity index (χ3v) is 3.12. The lowest BCUT2D eigenvalue weighted by Crippen LogP contribution is -2.35. The average molecular weight is 297 g/mol. The summed E-state index contributed by atoms with van der Waals surface area (Å²) in [6.45, 7) is 10.1. The molecule has 21 heavy (non-hydrogen) atoms. The highest BCUT2D eigenvalue weighted by Crippen LogP contribution is 2.13. The van der Waals surface area contributed by atoms with E-state index in [2.05, 4.69) is 10.5 Å². The van der Waals surface area contributed by atoms with Crippen molar-refractivity contribution in [2.75, 3.05) is 26.7 Å². The molecular weight excluding hydrogens is 270 g/mol. The fourth-order valence-electron chi connectivity index (χ4n) is 1.97. The SMILES string of the molecule is Cc1noc(C)c1CN(C)CC(=O)NCCCOC(C)C. The monoisotopic (exact) mass is 297 g/mol. The van der Waals surface area contributed by atoms with E-state index in [1.165, 1.54) is 0 Å². The van der Waals surface area contributed by atoms with E-state index in [0.717, 1.165) is 23.4 Å². The number of nitrogens with zero attached hydrogens (tertiary/aromatic N) is 2. The maximum Gasteiger partial charge on any atom is 0.234 e. The summed E-state index contributed by atoms with van der Waals surface area (Å²) in [5.74, 6) is 0.833. The van der Waals surface area contributed by atoms with Gasteiger partial charge in [-0.15, -0.1) is 0 Å². The van der Waals surface area contributed by atoms with Gasteiger partial charge < -0.3 is 14.6 Å². The van der Waals surface area contributed by atoms with E-state index in [4.69, 9.17) is 9.26 Å². The fraction of sp³-hybridized carbons (Fsp3) is 0.733. The number of carbonyl (C=O) groups excluding carboxylic acids is 1. The Balaban J connectivity index is 2.22. The predicted octanol–water partition coefficient (Wildman–Crippen LogP) is 1.65. The minimum Gasteiger partial charge on any atom is -0.379 e. The van der Waals surface area contributed by atoms with Crippen molar-refractivity contribution in [3.63, 3.8) is 0 Å². The van der Waals surface area contributed by atoms with Gasteiger partial charge in [-0.2, -0.15) is 0 Å². The van der Waals surface area contributed by atoms with Gasteiger partial charge in [0, 0.05) is 25.3 Å². The summed E-state index contributed by atoms with van der Waals surface area (Å²) >= 11 is 0. The van der Waals surface area contributed by atoms with Gasteiger partial charge in [0.15, 0.2) is 0 Å². The standard InChI is InChI=1S/C15H27N3O3/c1-11(2)20-8-6-7-16-15(19)10-18(5)9-14-12(3)17-21-13(14)4/h11H,6-10H2,1-5H3,(H,16,19). The van der Waals surface area contributed by atoms with Crippen LogP contribution in [0.5, 0.6) is 0 Å². The Bertz CT molecular complexity index is 424. The molecule has 1 aromatic rings. The minimum absolute atomic E-state index is 0.0220. The molecule has 0 atom stereocenters. The van der Waals surface area contributed by atoms with E-state index in [1.807, 2.05) is 39.6 Å². The number of aromatic nitrogens is 1. The summed E-state index contributed by atoms with van der Waals surface area (Å²) in [7, 11) is 1.91. The maximum absolute atomic E-state index is 11.8. The molecule has 1 N–H and O–H groups in total. The molecule has 0 unspecified atom stereocenters. The van der Waals surface area contributed by atoms with Crippen molar-refractivity contribution >= 4 is 5.91 Å². The molecule has 1 aromatic heterocycles. The van der Waals surface area contributed by atoms with E-state index in [0.29, 0.717) is 26.2 Å². The topological polar surface area (TPSA) is 67.6 Å². The third kappa shape index (κ3) is 6.73. The zero-order valence-electron chi connectivity index (χ0n) is 13.7. The highest BCUT2D eigenvalue weighted by molar-refractivity contribution is 5.77. The third-order valence-electron chi connectivity index (χ3n) is 3.12. The summed E-state index contributed by atoms with van der Waals surface area (Å²) in [5.41, 5.74) is 1.93. The van der Waals surface area contributed by atoms with Crippen LogP contribution in [0.15, 0.2) is 4.52 Å². The molecule has 6 nitrogen and oxygen atoms in total. The average Bonchev–Trinajstić information content (AvgIpc) is 2.69. The highest BCUT2D eigenvalue weighted by Gasteiger charge is 2.13. The van der Waals surface area contributed by atoms with Gasteiger partial charge in [-0.1, -0.05) is 5.16 Å². The lowest BCUT2D eigenvalue weighted by atomic mass is 10.2. The van der Waals surface area contributed by atoms with Gasteiger partial charge in [0.25, 0.3) is 0 Å². The first kappa shape index (κ1) is 17.7. The smallest absolute Gasteiger partial charge is 0.234 e. The minimum atomic E-state index is 0.0220. The fourth-order valence-corrected chi connectivity index (χ4v) is 1.97. The number of carbonyl (C=O) groups is 1. The number of rotatable bonds is 9. The molecule has 6 heteroatoms. The Morgan fingerprint density at radius 2 is 2.14 bits per heavy atom. The van der Waals surface area contributed by atoms with Crippen molar-refractivity contribution < 1.29 is 14.1 Å². The van der Waals surface area contributed by atoms with Gasteiger partial charge in [-0.05, 0) is 41.2 Å². The first-order chi connectivity index (χ1) is 9.90. The van der Waals surface area contributed by atoms with Crippen molar-refractivity contribution in [1.82, 2.24) is 15.4 Å². The van der Waals surface area contributed by atoms with Crippen molar-refractivity contribution in [2.24, 2.45) is 0 Å². The zero-order chi connectivity index (χ0) is 15.8. The molecule has 1 rings (SSSR count). The highest BCUT2D eigenvalue weighted by atomic mass is 16.5. The Labute approximate surface area is 126 Å². The molecular formula is C15H27N3O3. The number of ether oxygens (including phenoxy) is 1. The Morgan fingerprint density at radius 3 is 2.71 bits per heavy atom. The number of nitrogens with one attached hydrogen (secondary N) is 1. The number of hydrogen-bond donors (Lipinski definition) is 1. The van der Waals surface area contributed by atoms with Gasteiger partial charge >= 0.3 is 0 Å². The van der Waals surface area contributed by atoms with Crippen LogP contribution in [-0.4, -0.2) is 48.8 Å². The molecule has 120 valence electrons. The summed E-state index contributed by atoms with van der Waals surface area (Å²) in [4.78, 5) is 13.8. The van der Waals surface area contributed by atoms with Crippen LogP contribution < -0.4 is 5.32 Å². The zero-order valence-corrected chi connectivity index (χ0v) is 13.7. The molecule has 0 aliphatic rings. The van der Waals surface area contributed by atoms with Crippen molar-refractivity contribution in [2.45, 2.75) is 46.8 Å². The second kappa shape index (κ2) is 8.79. The predicted molar refractivity (Wildman–Crippen MR) is 81.0 cm³/mol. The van der Waals surface area contributed by atoms with Crippen LogP contribution >= 0.6 is 0 Å². The van der Waals surface area contributed by atoms with Gasteiger partial charge in [0.05, 0.1) is 18.3 Å². The molecule has 0 fully saturated rings. The molecule has 1 amide bonds.